The van der Waals surface area contributed by atoms with Gasteiger partial charge in [-0.25, -0.2) is 0 Å². The highest BCUT2D eigenvalue weighted by molar-refractivity contribution is 5.43. The molecule has 0 aromatic heterocycles. The van der Waals surface area contributed by atoms with Crippen LogP contribution in [0.4, 0.5) is 0 Å². The Kier molecular flexibility index (Phi) is 8.94. The van der Waals surface area contributed by atoms with Crippen LogP contribution in [0.5, 0.6) is 11.5 Å². The predicted octanol–water partition coefficient (Wildman–Crippen LogP) is 3.69. The minimum atomic E-state index is 0.179. The molecule has 0 aliphatic rings. The van der Waals surface area contributed by atoms with Crippen LogP contribution in [0, 0.1) is 0 Å². The molecular formula is C18H32N2O2. The lowest BCUT2D eigenvalue weighted by Gasteiger charge is -2.31. The molecule has 0 spiro atoms. The molecule has 0 saturated heterocycles. The van der Waals surface area contributed by atoms with Gasteiger partial charge in [-0.15, -0.1) is 0 Å². The van der Waals surface area contributed by atoms with Crippen molar-refractivity contribution in [2.45, 2.75) is 52.5 Å². The molecule has 0 saturated carbocycles. The lowest BCUT2D eigenvalue weighted by atomic mass is 10.0. The number of ether oxygens (including phenoxy) is 1. The number of phenols is 1. The number of aromatic hydroxyl groups is 1. The van der Waals surface area contributed by atoms with Gasteiger partial charge >= 0.3 is 0 Å². The van der Waals surface area contributed by atoms with E-state index in [0.717, 1.165) is 18.7 Å². The van der Waals surface area contributed by atoms with Gasteiger partial charge in [0.1, 0.15) is 0 Å². The molecule has 1 aromatic rings. The second kappa shape index (κ2) is 10.5. The molecule has 1 atom stereocenters. The van der Waals surface area contributed by atoms with Gasteiger partial charge in [-0.2, -0.15) is 0 Å². The van der Waals surface area contributed by atoms with Gasteiger partial charge in [-0.05, 0) is 50.6 Å². The quantitative estimate of drug-likeness (QED) is 0.654. The van der Waals surface area contributed by atoms with Gasteiger partial charge in [0.2, 0.25) is 0 Å². The smallest absolute Gasteiger partial charge is 0.161 e. The Balaban J connectivity index is 2.96. The van der Waals surface area contributed by atoms with Crippen LogP contribution in [-0.4, -0.2) is 36.2 Å². The van der Waals surface area contributed by atoms with Crippen LogP contribution in [-0.2, 0) is 0 Å². The number of hydrogen-bond donors (Lipinski definition) is 2. The van der Waals surface area contributed by atoms with Crippen molar-refractivity contribution >= 4 is 0 Å². The molecule has 0 heterocycles. The van der Waals surface area contributed by atoms with Gasteiger partial charge < -0.3 is 15.6 Å². The van der Waals surface area contributed by atoms with E-state index in [1.165, 1.54) is 25.7 Å². The summed E-state index contributed by atoms with van der Waals surface area (Å²) in [5, 5.41) is 9.87. The first-order valence-electron chi connectivity index (χ1n) is 8.57. The molecule has 0 aliphatic heterocycles. The van der Waals surface area contributed by atoms with Crippen molar-refractivity contribution in [3.63, 3.8) is 0 Å². The second-order valence-electron chi connectivity index (χ2n) is 5.65. The summed E-state index contributed by atoms with van der Waals surface area (Å²) in [6.07, 6.45) is 4.71. The number of nitrogens with two attached hydrogens (primary N) is 1. The van der Waals surface area contributed by atoms with E-state index in [2.05, 4.69) is 18.7 Å². The molecule has 4 nitrogen and oxygen atoms in total. The summed E-state index contributed by atoms with van der Waals surface area (Å²) in [6.45, 7) is 9.57. The van der Waals surface area contributed by atoms with Crippen LogP contribution < -0.4 is 10.5 Å². The van der Waals surface area contributed by atoms with E-state index in [0.29, 0.717) is 18.9 Å². The molecule has 0 amide bonds. The predicted molar refractivity (Wildman–Crippen MR) is 92.5 cm³/mol. The van der Waals surface area contributed by atoms with Crippen molar-refractivity contribution in [2.24, 2.45) is 5.73 Å². The Hall–Kier alpha value is -1.26. The Morgan fingerprint density at radius 3 is 2.27 bits per heavy atom. The van der Waals surface area contributed by atoms with E-state index < -0.39 is 0 Å². The van der Waals surface area contributed by atoms with E-state index in [9.17, 15) is 5.11 Å². The molecule has 4 heteroatoms. The minimum absolute atomic E-state index is 0.179. The van der Waals surface area contributed by atoms with Crippen LogP contribution >= 0.6 is 0 Å². The first-order valence-corrected chi connectivity index (χ1v) is 8.57. The number of hydrogen-bond acceptors (Lipinski definition) is 4. The third kappa shape index (κ3) is 5.50. The van der Waals surface area contributed by atoms with Crippen LogP contribution in [0.2, 0.25) is 0 Å². The van der Waals surface area contributed by atoms with Crippen molar-refractivity contribution in [3.05, 3.63) is 23.8 Å². The fraction of sp³-hybridized carbons (Fsp3) is 0.667. The van der Waals surface area contributed by atoms with Crippen LogP contribution in [0.25, 0.3) is 0 Å². The highest BCUT2D eigenvalue weighted by Gasteiger charge is 2.19. The minimum Gasteiger partial charge on any atom is -0.504 e. The number of rotatable bonds is 11. The Labute approximate surface area is 135 Å². The topological polar surface area (TPSA) is 58.7 Å². The second-order valence-corrected chi connectivity index (χ2v) is 5.65. The SMILES string of the molecule is CCCCN(CCCC)C(CN)c1ccc(O)c(OCC)c1. The third-order valence-corrected chi connectivity index (χ3v) is 3.93. The van der Waals surface area contributed by atoms with Crippen molar-refractivity contribution < 1.29 is 9.84 Å². The Bertz CT molecular complexity index is 416. The van der Waals surface area contributed by atoms with Gasteiger partial charge in [0.15, 0.2) is 11.5 Å². The highest BCUT2D eigenvalue weighted by Crippen LogP contribution is 2.31. The number of benzene rings is 1. The average Bonchev–Trinajstić information content (AvgIpc) is 2.53. The molecule has 1 rings (SSSR count). The van der Waals surface area contributed by atoms with Crippen molar-refractivity contribution in [1.29, 1.82) is 0 Å². The molecule has 0 aliphatic carbocycles. The maximum Gasteiger partial charge on any atom is 0.161 e. The first-order chi connectivity index (χ1) is 10.7. The zero-order valence-electron chi connectivity index (χ0n) is 14.3. The largest absolute Gasteiger partial charge is 0.504 e. The van der Waals surface area contributed by atoms with Gasteiger partial charge in [0, 0.05) is 12.6 Å². The summed E-state index contributed by atoms with van der Waals surface area (Å²) in [7, 11) is 0. The summed E-state index contributed by atoms with van der Waals surface area (Å²) in [5.74, 6) is 0.736. The van der Waals surface area contributed by atoms with E-state index >= 15 is 0 Å². The lowest BCUT2D eigenvalue weighted by Crippen LogP contribution is -2.35. The van der Waals surface area contributed by atoms with E-state index in [1.54, 1.807) is 6.07 Å². The Morgan fingerprint density at radius 1 is 1.14 bits per heavy atom. The average molecular weight is 308 g/mol. The maximum atomic E-state index is 9.87. The number of nitrogens with zero attached hydrogens (tertiary/aromatic N) is 1. The maximum absolute atomic E-state index is 9.87. The molecule has 0 radical (unpaired) electrons. The normalized spacial score (nSPS) is 12.6. The van der Waals surface area contributed by atoms with Gasteiger partial charge in [-0.1, -0.05) is 32.8 Å². The van der Waals surface area contributed by atoms with E-state index in [-0.39, 0.29) is 11.8 Å². The van der Waals surface area contributed by atoms with Crippen molar-refractivity contribution in [3.8, 4) is 11.5 Å². The zero-order valence-corrected chi connectivity index (χ0v) is 14.3. The molecule has 126 valence electrons. The summed E-state index contributed by atoms with van der Waals surface area (Å²) in [6, 6.07) is 5.78. The number of unbranched alkanes of at least 4 members (excludes halogenated alkanes) is 2. The summed E-state index contributed by atoms with van der Waals surface area (Å²) in [5.41, 5.74) is 7.19. The molecule has 1 unspecified atom stereocenters. The monoisotopic (exact) mass is 308 g/mol. The highest BCUT2D eigenvalue weighted by atomic mass is 16.5. The number of phenolic OH excluding ortho intramolecular Hbond substituents is 1. The molecule has 0 fully saturated rings. The standard InChI is InChI=1S/C18H32N2O2/c1-4-7-11-20(12-8-5-2)16(14-19)15-9-10-17(21)18(13-15)22-6-3/h9-10,13,16,21H,4-8,11-12,14,19H2,1-3H3. The van der Waals surface area contributed by atoms with Crippen LogP contribution in [0.1, 0.15) is 58.1 Å². The molecule has 0 bridgehead atoms. The lowest BCUT2D eigenvalue weighted by molar-refractivity contribution is 0.195. The summed E-state index contributed by atoms with van der Waals surface area (Å²) < 4.78 is 5.50. The first kappa shape index (κ1) is 18.8. The molecule has 1 aromatic carbocycles. The zero-order chi connectivity index (χ0) is 16.4. The van der Waals surface area contributed by atoms with E-state index in [1.807, 2.05) is 19.1 Å². The van der Waals surface area contributed by atoms with Crippen molar-refractivity contribution in [1.82, 2.24) is 4.90 Å². The molecule has 22 heavy (non-hydrogen) atoms. The van der Waals surface area contributed by atoms with E-state index in [4.69, 9.17) is 10.5 Å². The van der Waals surface area contributed by atoms with Crippen LogP contribution in [0.3, 0.4) is 0 Å². The van der Waals surface area contributed by atoms with Crippen LogP contribution in [0.15, 0.2) is 18.2 Å². The summed E-state index contributed by atoms with van der Waals surface area (Å²) in [4.78, 5) is 2.47. The third-order valence-electron chi connectivity index (χ3n) is 3.93. The van der Waals surface area contributed by atoms with Gasteiger partial charge in [0.05, 0.1) is 6.61 Å². The Morgan fingerprint density at radius 2 is 1.77 bits per heavy atom. The summed E-state index contributed by atoms with van der Waals surface area (Å²) >= 11 is 0. The van der Waals surface area contributed by atoms with Crippen molar-refractivity contribution in [2.75, 3.05) is 26.2 Å². The van der Waals surface area contributed by atoms with Gasteiger partial charge in [0.25, 0.3) is 0 Å². The fourth-order valence-corrected chi connectivity index (χ4v) is 2.65. The molecule has 3 N–H and O–H groups in total. The fourth-order valence-electron chi connectivity index (χ4n) is 2.65. The molecular weight excluding hydrogens is 276 g/mol. The van der Waals surface area contributed by atoms with Gasteiger partial charge in [-0.3, -0.25) is 4.90 Å².